The second-order valence-electron chi connectivity index (χ2n) is 7.54. The van der Waals surface area contributed by atoms with E-state index < -0.39 is 0 Å². The van der Waals surface area contributed by atoms with E-state index in [2.05, 4.69) is 60.6 Å². The maximum absolute atomic E-state index is 12.6. The quantitative estimate of drug-likeness (QED) is 0.675. The van der Waals surface area contributed by atoms with Gasteiger partial charge in [-0.1, -0.05) is 56.0 Å². The number of carbonyl (C=O) groups excluding carboxylic acids is 1. The summed E-state index contributed by atoms with van der Waals surface area (Å²) in [6.07, 6.45) is 2.21. The molecule has 0 spiro atoms. The Bertz CT molecular complexity index is 752. The number of nitrogens with one attached hydrogen (secondary N) is 1. The Labute approximate surface area is 170 Å². The van der Waals surface area contributed by atoms with E-state index in [-0.39, 0.29) is 11.2 Å². The van der Waals surface area contributed by atoms with Gasteiger partial charge in [-0.15, -0.1) is 10.2 Å². The Morgan fingerprint density at radius 3 is 2.48 bits per heavy atom. The maximum atomic E-state index is 12.6. The van der Waals surface area contributed by atoms with E-state index in [4.69, 9.17) is 0 Å². The number of piperidine rings is 1. The van der Waals surface area contributed by atoms with Crippen molar-refractivity contribution in [3.63, 3.8) is 0 Å². The van der Waals surface area contributed by atoms with E-state index in [1.54, 1.807) is 0 Å². The molecule has 0 aliphatic carbocycles. The average molecular weight is 405 g/mol. The lowest BCUT2D eigenvalue weighted by molar-refractivity contribution is -0.131. The maximum Gasteiger partial charge on any atom is 0.235 e. The molecule has 1 aliphatic rings. The van der Waals surface area contributed by atoms with E-state index in [9.17, 15) is 4.79 Å². The first-order chi connectivity index (χ1) is 12.9. The van der Waals surface area contributed by atoms with Crippen LogP contribution in [0.15, 0.2) is 28.6 Å². The molecule has 1 aromatic carbocycles. The zero-order valence-electron chi connectivity index (χ0n) is 16.4. The summed E-state index contributed by atoms with van der Waals surface area (Å²) in [5, 5.41) is 12.4. The molecule has 0 bridgehead atoms. The largest absolute Gasteiger partial charge is 0.342 e. The number of nitrogens with zero attached hydrogens (tertiary/aromatic N) is 3. The van der Waals surface area contributed by atoms with E-state index >= 15 is 0 Å². The number of hydrogen-bond acceptors (Lipinski definition) is 6. The van der Waals surface area contributed by atoms with Crippen LogP contribution in [-0.2, 0) is 4.79 Å². The fourth-order valence-electron chi connectivity index (χ4n) is 3.07. The van der Waals surface area contributed by atoms with Gasteiger partial charge < -0.3 is 10.2 Å². The summed E-state index contributed by atoms with van der Waals surface area (Å²) in [5.41, 5.74) is 2.31. The Kier molecular flexibility index (Phi) is 6.76. The summed E-state index contributed by atoms with van der Waals surface area (Å²) < 4.78 is 0.822. The minimum absolute atomic E-state index is 0.135. The number of benzene rings is 1. The van der Waals surface area contributed by atoms with Crippen LogP contribution in [0.1, 0.15) is 52.0 Å². The highest BCUT2D eigenvalue weighted by Gasteiger charge is 2.26. The van der Waals surface area contributed by atoms with Crippen LogP contribution in [0, 0.1) is 5.92 Å². The number of amides is 1. The molecule has 27 heavy (non-hydrogen) atoms. The number of rotatable bonds is 6. The van der Waals surface area contributed by atoms with Gasteiger partial charge in [0.1, 0.15) is 0 Å². The van der Waals surface area contributed by atoms with Crippen molar-refractivity contribution in [1.82, 2.24) is 15.1 Å². The molecule has 5 nitrogen and oxygen atoms in total. The van der Waals surface area contributed by atoms with Crippen molar-refractivity contribution in [3.8, 4) is 0 Å². The predicted octanol–water partition coefficient (Wildman–Crippen LogP) is 5.14. The molecule has 146 valence electrons. The molecular formula is C20H28N4OS2. The van der Waals surface area contributed by atoms with E-state index in [0.29, 0.717) is 5.92 Å². The number of likely N-dealkylation sites (tertiary alicyclic amines) is 1. The van der Waals surface area contributed by atoms with Gasteiger partial charge in [0.2, 0.25) is 11.0 Å². The van der Waals surface area contributed by atoms with Crippen molar-refractivity contribution in [1.29, 1.82) is 0 Å². The monoisotopic (exact) mass is 404 g/mol. The van der Waals surface area contributed by atoms with Crippen LogP contribution in [0.3, 0.4) is 0 Å². The molecule has 1 aromatic heterocycles. The second-order valence-corrected chi connectivity index (χ2v) is 10.1. The molecule has 1 aliphatic heterocycles. The molecular weight excluding hydrogens is 376 g/mol. The zero-order valence-corrected chi connectivity index (χ0v) is 18.1. The highest BCUT2D eigenvalue weighted by Crippen LogP contribution is 2.32. The fourth-order valence-corrected chi connectivity index (χ4v) is 5.07. The number of aromatic nitrogens is 2. The predicted molar refractivity (Wildman–Crippen MR) is 114 cm³/mol. The van der Waals surface area contributed by atoms with Crippen molar-refractivity contribution in [2.75, 3.05) is 18.4 Å². The number of anilines is 2. The Morgan fingerprint density at radius 2 is 1.85 bits per heavy atom. The van der Waals surface area contributed by atoms with Crippen molar-refractivity contribution in [3.05, 3.63) is 29.8 Å². The summed E-state index contributed by atoms with van der Waals surface area (Å²) in [5.74, 6) is 1.45. The number of carbonyl (C=O) groups is 1. The molecule has 1 fully saturated rings. The molecule has 0 saturated carbocycles. The van der Waals surface area contributed by atoms with Gasteiger partial charge in [0.15, 0.2) is 4.34 Å². The van der Waals surface area contributed by atoms with Crippen LogP contribution in [-0.4, -0.2) is 39.3 Å². The minimum atomic E-state index is -0.135. The smallest absolute Gasteiger partial charge is 0.235 e. The molecule has 3 rings (SSSR count). The van der Waals surface area contributed by atoms with Crippen LogP contribution < -0.4 is 5.32 Å². The topological polar surface area (TPSA) is 58.1 Å². The molecule has 2 heterocycles. The second kappa shape index (κ2) is 9.06. The lowest BCUT2D eigenvalue weighted by Crippen LogP contribution is -2.41. The van der Waals surface area contributed by atoms with Crippen molar-refractivity contribution in [2.45, 2.75) is 56.0 Å². The lowest BCUT2D eigenvalue weighted by Gasteiger charge is -2.31. The van der Waals surface area contributed by atoms with Crippen LogP contribution in [0.4, 0.5) is 10.8 Å². The highest BCUT2D eigenvalue weighted by molar-refractivity contribution is 8.02. The summed E-state index contributed by atoms with van der Waals surface area (Å²) >= 11 is 2.99. The van der Waals surface area contributed by atoms with E-state index in [1.807, 2.05) is 11.8 Å². The van der Waals surface area contributed by atoms with Gasteiger partial charge in [-0.2, -0.15) is 0 Å². The molecule has 1 N–H and O–H groups in total. The van der Waals surface area contributed by atoms with Crippen LogP contribution in [0.25, 0.3) is 0 Å². The number of hydrogen-bond donors (Lipinski definition) is 1. The SMILES string of the molecule is CC1CCN(C(=O)[C@H](C)Sc2nnc(Nc3ccc(C(C)C)cc3)s2)CC1. The van der Waals surface area contributed by atoms with E-state index in [1.165, 1.54) is 28.7 Å². The first-order valence-electron chi connectivity index (χ1n) is 9.58. The van der Waals surface area contributed by atoms with Crippen molar-refractivity contribution < 1.29 is 4.79 Å². The molecule has 0 unspecified atom stereocenters. The van der Waals surface area contributed by atoms with Crippen molar-refractivity contribution >= 4 is 39.8 Å². The Hall–Kier alpha value is -1.60. The minimum Gasteiger partial charge on any atom is -0.342 e. The summed E-state index contributed by atoms with van der Waals surface area (Å²) in [6, 6.07) is 8.38. The first kappa shape index (κ1) is 20.1. The van der Waals surface area contributed by atoms with Gasteiger partial charge in [-0.3, -0.25) is 4.79 Å². The zero-order chi connectivity index (χ0) is 19.4. The van der Waals surface area contributed by atoms with Gasteiger partial charge in [-0.05, 0) is 49.3 Å². The van der Waals surface area contributed by atoms with Gasteiger partial charge in [0.25, 0.3) is 0 Å². The molecule has 2 aromatic rings. The summed E-state index contributed by atoms with van der Waals surface area (Å²) in [6.45, 7) is 10.3. The van der Waals surface area contributed by atoms with Crippen LogP contribution in [0.5, 0.6) is 0 Å². The van der Waals surface area contributed by atoms with Crippen LogP contribution >= 0.6 is 23.1 Å². The first-order valence-corrected chi connectivity index (χ1v) is 11.3. The third-order valence-corrected chi connectivity index (χ3v) is 6.97. The number of thioether (sulfide) groups is 1. The van der Waals surface area contributed by atoms with Gasteiger partial charge in [0, 0.05) is 18.8 Å². The third-order valence-electron chi connectivity index (χ3n) is 4.96. The van der Waals surface area contributed by atoms with Gasteiger partial charge in [-0.25, -0.2) is 0 Å². The molecule has 1 atom stereocenters. The molecule has 1 amide bonds. The summed E-state index contributed by atoms with van der Waals surface area (Å²) in [7, 11) is 0. The molecule has 7 heteroatoms. The lowest BCUT2D eigenvalue weighted by atomic mass is 9.99. The normalized spacial score (nSPS) is 16.6. The van der Waals surface area contributed by atoms with Crippen LogP contribution in [0.2, 0.25) is 0 Å². The van der Waals surface area contributed by atoms with Crippen molar-refractivity contribution in [2.24, 2.45) is 5.92 Å². The van der Waals surface area contributed by atoms with Gasteiger partial charge >= 0.3 is 0 Å². The molecule has 1 saturated heterocycles. The molecule has 0 radical (unpaired) electrons. The van der Waals surface area contributed by atoms with Gasteiger partial charge in [0.05, 0.1) is 5.25 Å². The Balaban J connectivity index is 1.54. The standard InChI is InChI=1S/C20H28N4OS2/c1-13(2)16-5-7-17(8-6-16)21-19-22-23-20(27-19)26-15(4)18(25)24-11-9-14(3)10-12-24/h5-8,13-15H,9-12H2,1-4H3,(H,21,22)/t15-/m0/s1. The van der Waals surface area contributed by atoms with E-state index in [0.717, 1.165) is 47.0 Å². The summed E-state index contributed by atoms with van der Waals surface area (Å²) in [4.78, 5) is 14.6. The fraction of sp³-hybridized carbons (Fsp3) is 0.550. The third kappa shape index (κ3) is 5.45. The highest BCUT2D eigenvalue weighted by atomic mass is 32.2. The Morgan fingerprint density at radius 1 is 1.19 bits per heavy atom. The average Bonchev–Trinajstić information content (AvgIpc) is 3.09.